The first-order valence-corrected chi connectivity index (χ1v) is 13.0. The highest BCUT2D eigenvalue weighted by Gasteiger charge is 2.10. The van der Waals surface area contributed by atoms with Gasteiger partial charge in [0.1, 0.15) is 5.75 Å². The van der Waals surface area contributed by atoms with E-state index < -0.39 is 0 Å². The Hall–Kier alpha value is -2.61. The van der Waals surface area contributed by atoms with Crippen molar-refractivity contribution in [3.05, 3.63) is 83.7 Å². The van der Waals surface area contributed by atoms with E-state index in [0.717, 1.165) is 25.2 Å². The molecule has 0 saturated heterocycles. The number of pyridine rings is 1. The third-order valence-corrected chi connectivity index (χ3v) is 6.50. The number of unbranched alkanes of at least 4 members (excludes halogenated alkanes) is 6. The highest BCUT2D eigenvalue weighted by atomic mass is 16.5. The fraction of sp³-hybridized carbons (Fsp3) is 0.452. The van der Waals surface area contributed by atoms with E-state index in [-0.39, 0.29) is 0 Å². The first-order valence-electron chi connectivity index (χ1n) is 13.0. The minimum Gasteiger partial charge on any atom is -0.494 e. The van der Waals surface area contributed by atoms with Gasteiger partial charge in [-0.15, -0.1) is 0 Å². The van der Waals surface area contributed by atoms with Crippen molar-refractivity contribution in [2.75, 3.05) is 6.61 Å². The molecule has 0 amide bonds. The first kappa shape index (κ1) is 25.0. The largest absolute Gasteiger partial charge is 0.494 e. The van der Waals surface area contributed by atoms with Gasteiger partial charge in [-0.2, -0.15) is 0 Å². The molecule has 176 valence electrons. The smallest absolute Gasteiger partial charge is 0.119 e. The Bertz CT molecular complexity index is 913. The number of ether oxygens (including phenoxy) is 1. The third-order valence-electron chi connectivity index (χ3n) is 6.50. The molecule has 0 bridgehead atoms. The summed E-state index contributed by atoms with van der Waals surface area (Å²) in [5, 5.41) is 0. The molecule has 33 heavy (non-hydrogen) atoms. The molecule has 1 heterocycles. The van der Waals surface area contributed by atoms with Crippen LogP contribution in [0.5, 0.6) is 5.75 Å². The van der Waals surface area contributed by atoms with Crippen molar-refractivity contribution in [2.24, 2.45) is 0 Å². The molecule has 0 aliphatic carbocycles. The Morgan fingerprint density at radius 2 is 1.27 bits per heavy atom. The zero-order chi connectivity index (χ0) is 23.3. The van der Waals surface area contributed by atoms with E-state index in [1.54, 1.807) is 0 Å². The molecule has 1 atom stereocenters. The molecule has 2 aromatic carbocycles. The maximum atomic E-state index is 5.93. The van der Waals surface area contributed by atoms with Crippen LogP contribution in [0.3, 0.4) is 0 Å². The predicted octanol–water partition coefficient (Wildman–Crippen LogP) is 8.98. The van der Waals surface area contributed by atoms with Crippen molar-refractivity contribution in [1.82, 2.24) is 4.98 Å². The molecule has 0 aliphatic heterocycles. The Morgan fingerprint density at radius 3 is 1.91 bits per heavy atom. The molecular weight excluding hydrogens is 402 g/mol. The second-order valence-corrected chi connectivity index (χ2v) is 9.17. The first-order chi connectivity index (χ1) is 16.2. The molecule has 3 rings (SSSR count). The van der Waals surface area contributed by atoms with E-state index >= 15 is 0 Å². The fourth-order valence-electron chi connectivity index (χ4n) is 4.17. The van der Waals surface area contributed by atoms with Gasteiger partial charge < -0.3 is 4.74 Å². The molecule has 3 aromatic rings. The highest BCUT2D eigenvalue weighted by molar-refractivity contribution is 5.64. The van der Waals surface area contributed by atoms with Gasteiger partial charge >= 0.3 is 0 Å². The van der Waals surface area contributed by atoms with Gasteiger partial charge in [-0.25, -0.2) is 0 Å². The van der Waals surface area contributed by atoms with Crippen LogP contribution in [0.15, 0.2) is 66.9 Å². The van der Waals surface area contributed by atoms with Gasteiger partial charge in [-0.1, -0.05) is 102 Å². The van der Waals surface area contributed by atoms with E-state index in [9.17, 15) is 0 Å². The van der Waals surface area contributed by atoms with E-state index in [4.69, 9.17) is 4.74 Å². The molecule has 1 unspecified atom stereocenters. The van der Waals surface area contributed by atoms with Crippen molar-refractivity contribution in [2.45, 2.75) is 84.5 Å². The van der Waals surface area contributed by atoms with Crippen molar-refractivity contribution in [1.29, 1.82) is 0 Å². The summed E-state index contributed by atoms with van der Waals surface area (Å²) in [5.41, 5.74) is 6.25. The Balaban J connectivity index is 1.51. The highest BCUT2D eigenvalue weighted by Crippen LogP contribution is 2.28. The summed E-state index contributed by atoms with van der Waals surface area (Å²) in [4.78, 5) is 4.67. The number of hydrogen-bond acceptors (Lipinski definition) is 2. The maximum absolute atomic E-state index is 5.93. The molecule has 1 aromatic heterocycles. The maximum Gasteiger partial charge on any atom is 0.119 e. The summed E-state index contributed by atoms with van der Waals surface area (Å²) in [6.07, 6.45) is 13.3. The number of benzene rings is 2. The number of aromatic nitrogens is 1. The fourth-order valence-corrected chi connectivity index (χ4v) is 4.17. The van der Waals surface area contributed by atoms with Crippen LogP contribution >= 0.6 is 0 Å². The lowest BCUT2D eigenvalue weighted by Gasteiger charge is -2.14. The molecule has 0 spiro atoms. The van der Waals surface area contributed by atoms with Gasteiger partial charge in [-0.3, -0.25) is 4.98 Å². The van der Waals surface area contributed by atoms with E-state index in [2.05, 4.69) is 86.4 Å². The van der Waals surface area contributed by atoms with Crippen LogP contribution in [0.4, 0.5) is 0 Å². The normalized spacial score (nSPS) is 12.0. The Kier molecular flexibility index (Phi) is 10.5. The molecule has 2 heteroatoms. The van der Waals surface area contributed by atoms with Crippen LogP contribution in [0.2, 0.25) is 0 Å². The van der Waals surface area contributed by atoms with Gasteiger partial charge in [0.15, 0.2) is 0 Å². The van der Waals surface area contributed by atoms with Crippen LogP contribution < -0.4 is 4.74 Å². The molecule has 0 aliphatic rings. The van der Waals surface area contributed by atoms with Crippen LogP contribution in [-0.2, 0) is 6.42 Å². The van der Waals surface area contributed by atoms with E-state index in [1.807, 2.05) is 6.20 Å². The summed E-state index contributed by atoms with van der Waals surface area (Å²) < 4.78 is 5.93. The van der Waals surface area contributed by atoms with Crippen molar-refractivity contribution in [3.63, 3.8) is 0 Å². The molecule has 0 fully saturated rings. The average molecular weight is 444 g/mol. The van der Waals surface area contributed by atoms with Crippen molar-refractivity contribution in [3.8, 4) is 16.9 Å². The van der Waals surface area contributed by atoms with E-state index in [0.29, 0.717) is 5.92 Å². The topological polar surface area (TPSA) is 22.1 Å². The molecule has 0 saturated carbocycles. The van der Waals surface area contributed by atoms with Gasteiger partial charge in [0, 0.05) is 17.8 Å². The monoisotopic (exact) mass is 443 g/mol. The van der Waals surface area contributed by atoms with E-state index in [1.165, 1.54) is 72.9 Å². The lowest BCUT2D eigenvalue weighted by atomic mass is 9.92. The standard InChI is InChI=1S/C31H41NO/c1-4-6-8-9-10-11-23-33-31-21-18-28(19-22-31)27-15-13-26(14-16-27)25(3)29-17-20-30(32-24-29)12-7-5-2/h13-22,24-25H,4-12,23H2,1-3H3. The third kappa shape index (κ3) is 8.03. The van der Waals surface area contributed by atoms with Gasteiger partial charge in [-0.05, 0) is 59.7 Å². The zero-order valence-electron chi connectivity index (χ0n) is 20.9. The summed E-state index contributed by atoms with van der Waals surface area (Å²) in [7, 11) is 0. The number of hydrogen-bond donors (Lipinski definition) is 0. The SMILES string of the molecule is CCCCCCCCOc1ccc(-c2ccc(C(C)c3ccc(CCCC)nc3)cc2)cc1. The number of aryl methyl sites for hydroxylation is 1. The summed E-state index contributed by atoms with van der Waals surface area (Å²) in [5.74, 6) is 1.30. The summed E-state index contributed by atoms with van der Waals surface area (Å²) in [6, 6.07) is 21.9. The average Bonchev–Trinajstić information content (AvgIpc) is 2.87. The molecule has 0 N–H and O–H groups in total. The summed E-state index contributed by atoms with van der Waals surface area (Å²) >= 11 is 0. The molecule has 2 nitrogen and oxygen atoms in total. The Labute approximate surface area is 201 Å². The molecular formula is C31H41NO. The van der Waals surface area contributed by atoms with Gasteiger partial charge in [0.2, 0.25) is 0 Å². The van der Waals surface area contributed by atoms with Crippen LogP contribution in [0, 0.1) is 0 Å². The second kappa shape index (κ2) is 13.8. The quantitative estimate of drug-likeness (QED) is 0.232. The summed E-state index contributed by atoms with van der Waals surface area (Å²) in [6.45, 7) is 7.55. The zero-order valence-corrected chi connectivity index (χ0v) is 20.9. The number of nitrogens with zero attached hydrogens (tertiary/aromatic N) is 1. The van der Waals surface area contributed by atoms with Gasteiger partial charge in [0.25, 0.3) is 0 Å². The Morgan fingerprint density at radius 1 is 0.667 bits per heavy atom. The van der Waals surface area contributed by atoms with Crippen molar-refractivity contribution < 1.29 is 4.74 Å². The second-order valence-electron chi connectivity index (χ2n) is 9.17. The minimum atomic E-state index is 0.338. The van der Waals surface area contributed by atoms with Crippen molar-refractivity contribution >= 4 is 0 Å². The van der Waals surface area contributed by atoms with Crippen LogP contribution in [-0.4, -0.2) is 11.6 Å². The van der Waals surface area contributed by atoms with Crippen LogP contribution in [0.1, 0.15) is 94.9 Å². The predicted molar refractivity (Wildman–Crippen MR) is 141 cm³/mol. The lowest BCUT2D eigenvalue weighted by Crippen LogP contribution is -1.99. The number of rotatable bonds is 14. The lowest BCUT2D eigenvalue weighted by molar-refractivity contribution is 0.304. The molecule has 0 radical (unpaired) electrons. The minimum absolute atomic E-state index is 0.338. The van der Waals surface area contributed by atoms with Gasteiger partial charge in [0.05, 0.1) is 6.61 Å². The van der Waals surface area contributed by atoms with Crippen LogP contribution in [0.25, 0.3) is 11.1 Å².